The minimum atomic E-state index is -0.0429. The number of carbonyl (C=O) groups excluding carboxylic acids is 1. The van der Waals surface area contributed by atoms with Crippen LogP contribution in [0.25, 0.3) is 0 Å². The van der Waals surface area contributed by atoms with Crippen LogP contribution in [0.3, 0.4) is 0 Å². The monoisotopic (exact) mass is 265 g/mol. The molecule has 1 unspecified atom stereocenters. The maximum Gasteiger partial charge on any atom is 0.254 e. The summed E-state index contributed by atoms with van der Waals surface area (Å²) in [6, 6.07) is 1.81. The molecule has 5 heteroatoms. The number of nitrogens with zero attached hydrogens (tertiary/aromatic N) is 1. The topological polar surface area (TPSA) is 54.0 Å². The van der Waals surface area contributed by atoms with E-state index < -0.39 is 0 Å². The number of nitrogens with one attached hydrogen (secondary N) is 2. The number of aromatic nitrogens is 1. The minimum absolute atomic E-state index is 0.0429. The molecular formula is C13H19N3OS. The average Bonchev–Trinajstić information content (AvgIpc) is 2.45. The van der Waals surface area contributed by atoms with Crippen molar-refractivity contribution < 1.29 is 4.79 Å². The van der Waals surface area contributed by atoms with Gasteiger partial charge >= 0.3 is 0 Å². The van der Waals surface area contributed by atoms with Crippen molar-refractivity contribution in [3.05, 3.63) is 24.0 Å². The van der Waals surface area contributed by atoms with E-state index in [4.69, 9.17) is 0 Å². The molecule has 1 aromatic rings. The lowest BCUT2D eigenvalue weighted by molar-refractivity contribution is 0.0954. The summed E-state index contributed by atoms with van der Waals surface area (Å²) in [5.41, 5.74) is 1.43. The lowest BCUT2D eigenvalue weighted by Crippen LogP contribution is -2.32. The Kier molecular flexibility index (Phi) is 4.87. The predicted molar refractivity (Wildman–Crippen MR) is 76.2 cm³/mol. The van der Waals surface area contributed by atoms with Crippen molar-refractivity contribution in [2.24, 2.45) is 0 Å². The number of pyridine rings is 1. The van der Waals surface area contributed by atoms with Gasteiger partial charge in [-0.25, -0.2) is 0 Å². The highest BCUT2D eigenvalue weighted by molar-refractivity contribution is 7.99. The van der Waals surface area contributed by atoms with E-state index >= 15 is 0 Å². The summed E-state index contributed by atoms with van der Waals surface area (Å²) in [7, 11) is 1.81. The summed E-state index contributed by atoms with van der Waals surface area (Å²) in [5.74, 6) is 1.17. The zero-order valence-electron chi connectivity index (χ0n) is 10.6. The fraction of sp³-hybridized carbons (Fsp3) is 0.538. The molecule has 4 nitrogen and oxygen atoms in total. The second-order valence-corrected chi connectivity index (χ2v) is 5.78. The second kappa shape index (κ2) is 6.64. The van der Waals surface area contributed by atoms with Crippen LogP contribution < -0.4 is 10.6 Å². The molecule has 0 spiro atoms. The second-order valence-electron chi connectivity index (χ2n) is 4.37. The zero-order chi connectivity index (χ0) is 12.8. The third kappa shape index (κ3) is 3.38. The maximum absolute atomic E-state index is 12.1. The van der Waals surface area contributed by atoms with Gasteiger partial charge in [0.2, 0.25) is 0 Å². The molecule has 1 aliphatic rings. The molecule has 0 aliphatic carbocycles. The zero-order valence-corrected chi connectivity index (χ0v) is 11.4. The Balaban J connectivity index is 1.90. The van der Waals surface area contributed by atoms with Crippen LogP contribution in [-0.4, -0.2) is 35.5 Å². The van der Waals surface area contributed by atoms with Gasteiger partial charge in [0.15, 0.2) is 0 Å². The molecule has 98 valence electrons. The lowest BCUT2D eigenvalue weighted by atomic mass is 10.2. The summed E-state index contributed by atoms with van der Waals surface area (Å²) in [6.07, 6.45) is 7.08. The minimum Gasteiger partial charge on any atom is -0.387 e. The molecule has 1 atom stereocenters. The smallest absolute Gasteiger partial charge is 0.254 e. The quantitative estimate of drug-likeness (QED) is 0.876. The van der Waals surface area contributed by atoms with Crippen LogP contribution in [-0.2, 0) is 0 Å². The number of thioether (sulfide) groups is 1. The highest BCUT2D eigenvalue weighted by atomic mass is 32.2. The highest BCUT2D eigenvalue weighted by Gasteiger charge is 2.16. The van der Waals surface area contributed by atoms with Gasteiger partial charge in [0.25, 0.3) is 5.91 Å². The summed E-state index contributed by atoms with van der Waals surface area (Å²) in [5, 5.41) is 6.58. The Labute approximate surface area is 112 Å². The van der Waals surface area contributed by atoms with E-state index in [9.17, 15) is 4.79 Å². The van der Waals surface area contributed by atoms with E-state index in [1.54, 1.807) is 12.4 Å². The third-order valence-corrected chi connectivity index (χ3v) is 4.50. The van der Waals surface area contributed by atoms with Gasteiger partial charge in [-0.3, -0.25) is 9.78 Å². The first-order valence-corrected chi connectivity index (χ1v) is 7.37. The Morgan fingerprint density at radius 3 is 3.17 bits per heavy atom. The van der Waals surface area contributed by atoms with E-state index in [1.807, 2.05) is 24.9 Å². The summed E-state index contributed by atoms with van der Waals surface area (Å²) >= 11 is 1.96. The third-order valence-electron chi connectivity index (χ3n) is 3.10. The number of amides is 1. The van der Waals surface area contributed by atoms with Crippen LogP contribution >= 0.6 is 11.8 Å². The van der Waals surface area contributed by atoms with E-state index in [1.165, 1.54) is 25.0 Å². The first kappa shape index (κ1) is 13.2. The fourth-order valence-electron chi connectivity index (χ4n) is 2.06. The lowest BCUT2D eigenvalue weighted by Gasteiger charge is -2.21. The van der Waals surface area contributed by atoms with Crippen LogP contribution in [0.5, 0.6) is 0 Å². The molecule has 1 aliphatic heterocycles. The van der Waals surface area contributed by atoms with E-state index in [0.29, 0.717) is 10.8 Å². The van der Waals surface area contributed by atoms with Crippen molar-refractivity contribution in [2.75, 3.05) is 24.7 Å². The molecule has 1 saturated heterocycles. The molecule has 0 bridgehead atoms. The first-order valence-electron chi connectivity index (χ1n) is 6.33. The van der Waals surface area contributed by atoms with Crippen molar-refractivity contribution >= 4 is 23.4 Å². The van der Waals surface area contributed by atoms with Crippen molar-refractivity contribution in [1.82, 2.24) is 10.3 Å². The SMILES string of the molecule is CNc1ccncc1C(=O)NCC1CCCCS1. The first-order chi connectivity index (χ1) is 8.81. The number of hydrogen-bond donors (Lipinski definition) is 2. The number of anilines is 1. The molecule has 2 rings (SSSR count). The van der Waals surface area contributed by atoms with Crippen LogP contribution in [0.1, 0.15) is 29.6 Å². The van der Waals surface area contributed by atoms with Gasteiger partial charge in [-0.15, -0.1) is 0 Å². The predicted octanol–water partition coefficient (Wildman–Crippen LogP) is 2.14. The van der Waals surface area contributed by atoms with Gasteiger partial charge in [0.05, 0.1) is 5.56 Å². The molecule has 1 amide bonds. The van der Waals surface area contributed by atoms with Gasteiger partial charge in [0.1, 0.15) is 0 Å². The van der Waals surface area contributed by atoms with Gasteiger partial charge < -0.3 is 10.6 Å². The van der Waals surface area contributed by atoms with Gasteiger partial charge in [-0.1, -0.05) is 6.42 Å². The summed E-state index contributed by atoms with van der Waals surface area (Å²) < 4.78 is 0. The number of hydrogen-bond acceptors (Lipinski definition) is 4. The average molecular weight is 265 g/mol. The van der Waals surface area contributed by atoms with Crippen molar-refractivity contribution in [3.8, 4) is 0 Å². The van der Waals surface area contributed by atoms with Crippen molar-refractivity contribution in [1.29, 1.82) is 0 Å². The van der Waals surface area contributed by atoms with Crippen LogP contribution in [0.15, 0.2) is 18.5 Å². The van der Waals surface area contributed by atoms with E-state index in [-0.39, 0.29) is 5.91 Å². The molecule has 1 fully saturated rings. The highest BCUT2D eigenvalue weighted by Crippen LogP contribution is 2.24. The molecule has 2 heterocycles. The van der Waals surface area contributed by atoms with E-state index in [0.717, 1.165) is 12.2 Å². The summed E-state index contributed by atoms with van der Waals surface area (Å²) in [4.78, 5) is 16.1. The molecule has 0 aromatic carbocycles. The van der Waals surface area contributed by atoms with E-state index in [2.05, 4.69) is 15.6 Å². The van der Waals surface area contributed by atoms with Crippen molar-refractivity contribution in [3.63, 3.8) is 0 Å². The van der Waals surface area contributed by atoms with Gasteiger partial charge in [-0.2, -0.15) is 11.8 Å². The van der Waals surface area contributed by atoms with Gasteiger partial charge in [-0.05, 0) is 24.7 Å². The Bertz CT molecular complexity index is 405. The van der Waals surface area contributed by atoms with Crippen LogP contribution in [0.4, 0.5) is 5.69 Å². The molecule has 0 saturated carbocycles. The Hall–Kier alpha value is -1.23. The van der Waals surface area contributed by atoms with Gasteiger partial charge in [0, 0.05) is 36.9 Å². The largest absolute Gasteiger partial charge is 0.387 e. The number of rotatable bonds is 4. The molecule has 2 N–H and O–H groups in total. The molecular weight excluding hydrogens is 246 g/mol. The van der Waals surface area contributed by atoms with Crippen LogP contribution in [0, 0.1) is 0 Å². The number of carbonyl (C=O) groups is 1. The van der Waals surface area contributed by atoms with Crippen molar-refractivity contribution in [2.45, 2.75) is 24.5 Å². The molecule has 1 aromatic heterocycles. The molecule has 18 heavy (non-hydrogen) atoms. The standard InChI is InChI=1S/C13H19N3OS/c1-14-12-5-6-15-9-11(12)13(17)16-8-10-4-2-3-7-18-10/h5-6,9-10H,2-4,7-8H2,1H3,(H,14,15)(H,16,17). The maximum atomic E-state index is 12.1. The fourth-order valence-corrected chi connectivity index (χ4v) is 3.30. The Morgan fingerprint density at radius 1 is 1.56 bits per heavy atom. The molecule has 0 radical (unpaired) electrons. The normalized spacial score (nSPS) is 19.3. The van der Waals surface area contributed by atoms with Crippen LogP contribution in [0.2, 0.25) is 0 Å². The Morgan fingerprint density at radius 2 is 2.44 bits per heavy atom. The summed E-state index contributed by atoms with van der Waals surface area (Å²) in [6.45, 7) is 0.752.